The number of likely N-dealkylation sites (N-methyl/N-ethyl adjacent to an activating group) is 1. The number of piperidine rings is 1. The lowest BCUT2D eigenvalue weighted by atomic mass is 10.0. The molecule has 1 aliphatic rings. The molecule has 2 aromatic rings. The molecule has 1 fully saturated rings. The van der Waals surface area contributed by atoms with Crippen molar-refractivity contribution >= 4 is 11.6 Å². The van der Waals surface area contributed by atoms with E-state index in [0.29, 0.717) is 5.56 Å². The largest absolute Gasteiger partial charge is 0.435 e. The summed E-state index contributed by atoms with van der Waals surface area (Å²) in [6.07, 6.45) is 1.95. The minimum absolute atomic E-state index is 0.0483. The maximum atomic E-state index is 12.7. The van der Waals surface area contributed by atoms with E-state index in [1.165, 1.54) is 24.3 Å². The number of alkyl halides is 2. The molecule has 1 amide bonds. The summed E-state index contributed by atoms with van der Waals surface area (Å²) in [6.45, 7) is -1.12. The topological polar surface area (TPSA) is 32.8 Å². The summed E-state index contributed by atoms with van der Waals surface area (Å²) in [4.78, 5) is 16.8. The van der Waals surface area contributed by atoms with Gasteiger partial charge in [0, 0.05) is 37.4 Å². The van der Waals surface area contributed by atoms with Crippen LogP contribution >= 0.6 is 0 Å². The van der Waals surface area contributed by atoms with Crippen molar-refractivity contribution in [2.45, 2.75) is 25.5 Å². The molecule has 26 heavy (non-hydrogen) atoms. The summed E-state index contributed by atoms with van der Waals surface area (Å²) < 4.78 is 28.8. The van der Waals surface area contributed by atoms with E-state index in [1.807, 2.05) is 18.2 Å². The fraction of sp³-hybridized carbons (Fsp3) is 0.350. The molecule has 0 N–H and O–H groups in total. The zero-order valence-electron chi connectivity index (χ0n) is 14.6. The van der Waals surface area contributed by atoms with E-state index in [4.69, 9.17) is 0 Å². The Kier molecular flexibility index (Phi) is 5.71. The number of halogens is 2. The first-order valence-corrected chi connectivity index (χ1v) is 8.66. The smallest absolute Gasteiger partial charge is 0.387 e. The second kappa shape index (κ2) is 8.17. The van der Waals surface area contributed by atoms with Crippen molar-refractivity contribution in [3.05, 3.63) is 60.2 Å². The quantitative estimate of drug-likeness (QED) is 0.807. The molecule has 1 unspecified atom stereocenters. The molecular weight excluding hydrogens is 338 g/mol. The molecular formula is C20H22F2N2O2. The number of hydrogen-bond donors (Lipinski definition) is 0. The van der Waals surface area contributed by atoms with E-state index in [1.54, 1.807) is 11.9 Å². The third-order valence-corrected chi connectivity index (χ3v) is 4.71. The Bertz CT molecular complexity index is 722. The number of benzene rings is 2. The van der Waals surface area contributed by atoms with Gasteiger partial charge in [-0.05, 0) is 49.2 Å². The minimum atomic E-state index is -2.87. The molecule has 1 aliphatic heterocycles. The second-order valence-electron chi connectivity index (χ2n) is 6.40. The number of hydrogen-bond acceptors (Lipinski definition) is 3. The summed E-state index contributed by atoms with van der Waals surface area (Å²) >= 11 is 0. The number of anilines is 1. The Morgan fingerprint density at radius 2 is 1.85 bits per heavy atom. The molecule has 0 radical (unpaired) electrons. The molecule has 0 aromatic heterocycles. The lowest BCUT2D eigenvalue weighted by molar-refractivity contribution is -0.0498. The molecule has 1 saturated heterocycles. The Morgan fingerprint density at radius 3 is 2.50 bits per heavy atom. The molecule has 6 heteroatoms. The monoisotopic (exact) mass is 360 g/mol. The molecule has 0 bridgehead atoms. The number of ether oxygens (including phenoxy) is 1. The normalized spacial score (nSPS) is 17.2. The molecule has 4 nitrogen and oxygen atoms in total. The fourth-order valence-corrected chi connectivity index (χ4v) is 3.29. The third-order valence-electron chi connectivity index (χ3n) is 4.71. The minimum Gasteiger partial charge on any atom is -0.435 e. The second-order valence-corrected chi connectivity index (χ2v) is 6.40. The van der Waals surface area contributed by atoms with Crippen LogP contribution in [0.25, 0.3) is 0 Å². The molecule has 1 atom stereocenters. The lowest BCUT2D eigenvalue weighted by Gasteiger charge is -2.39. The summed E-state index contributed by atoms with van der Waals surface area (Å²) in [5.41, 5.74) is 1.62. The molecule has 3 rings (SSSR count). The molecule has 0 aliphatic carbocycles. The zero-order valence-corrected chi connectivity index (χ0v) is 14.6. The number of nitrogens with zero attached hydrogens (tertiary/aromatic N) is 2. The van der Waals surface area contributed by atoms with Gasteiger partial charge < -0.3 is 14.5 Å². The molecule has 0 spiro atoms. The summed E-state index contributed by atoms with van der Waals surface area (Å²) in [7, 11) is 1.80. The van der Waals surface area contributed by atoms with Crippen LogP contribution in [0.15, 0.2) is 54.6 Å². The highest BCUT2D eigenvalue weighted by molar-refractivity contribution is 5.94. The Hall–Kier alpha value is -2.63. The van der Waals surface area contributed by atoms with Gasteiger partial charge in [-0.15, -0.1) is 0 Å². The summed E-state index contributed by atoms with van der Waals surface area (Å²) in [5, 5.41) is 0. The predicted octanol–water partition coefficient (Wildman–Crippen LogP) is 4.03. The van der Waals surface area contributed by atoms with Crippen LogP contribution in [0.1, 0.15) is 23.2 Å². The predicted molar refractivity (Wildman–Crippen MR) is 96.8 cm³/mol. The van der Waals surface area contributed by atoms with Crippen molar-refractivity contribution in [1.29, 1.82) is 0 Å². The first kappa shape index (κ1) is 18.2. The van der Waals surface area contributed by atoms with Crippen LogP contribution in [0.5, 0.6) is 5.75 Å². The first-order chi connectivity index (χ1) is 12.5. The van der Waals surface area contributed by atoms with Crippen LogP contribution in [0.3, 0.4) is 0 Å². The van der Waals surface area contributed by atoms with Gasteiger partial charge in [0.05, 0.1) is 0 Å². The number of rotatable bonds is 5. The van der Waals surface area contributed by atoms with Crippen LogP contribution in [0.2, 0.25) is 0 Å². The van der Waals surface area contributed by atoms with Crippen molar-refractivity contribution in [2.75, 3.05) is 25.0 Å². The lowest BCUT2D eigenvalue weighted by Crippen LogP contribution is -2.48. The average Bonchev–Trinajstić information content (AvgIpc) is 2.68. The summed E-state index contributed by atoms with van der Waals surface area (Å²) in [5.74, 6) is -0.0689. The first-order valence-electron chi connectivity index (χ1n) is 8.66. The standard InChI is InChI=1S/C20H22F2N2O2/c1-23(19(25)15-9-11-18(12-10-15)26-20(21)22)17-8-5-13-24(14-17)16-6-3-2-4-7-16/h2-4,6-7,9-12,17,20H,5,8,13-14H2,1H3. The van der Waals surface area contributed by atoms with Crippen molar-refractivity contribution in [1.82, 2.24) is 4.90 Å². The maximum absolute atomic E-state index is 12.7. The highest BCUT2D eigenvalue weighted by Crippen LogP contribution is 2.23. The van der Waals surface area contributed by atoms with E-state index in [9.17, 15) is 13.6 Å². The van der Waals surface area contributed by atoms with Gasteiger partial charge >= 0.3 is 6.61 Å². The summed E-state index contributed by atoms with van der Waals surface area (Å²) in [6, 6.07) is 16.1. The van der Waals surface area contributed by atoms with Gasteiger partial charge in [0.2, 0.25) is 0 Å². The van der Waals surface area contributed by atoms with E-state index < -0.39 is 6.61 Å². The Balaban J connectivity index is 1.66. The van der Waals surface area contributed by atoms with Gasteiger partial charge in [-0.1, -0.05) is 18.2 Å². The number of carbonyl (C=O) groups is 1. The van der Waals surface area contributed by atoms with Gasteiger partial charge in [0.25, 0.3) is 5.91 Å². The zero-order chi connectivity index (χ0) is 18.5. The molecule has 0 saturated carbocycles. The van der Waals surface area contributed by atoms with E-state index in [0.717, 1.165) is 31.6 Å². The Morgan fingerprint density at radius 1 is 1.15 bits per heavy atom. The van der Waals surface area contributed by atoms with Gasteiger partial charge in [-0.2, -0.15) is 8.78 Å². The van der Waals surface area contributed by atoms with Crippen LogP contribution in [0, 0.1) is 0 Å². The highest BCUT2D eigenvalue weighted by Gasteiger charge is 2.27. The molecule has 1 heterocycles. The van der Waals surface area contributed by atoms with Gasteiger partial charge in [-0.25, -0.2) is 0 Å². The number of amides is 1. The van der Waals surface area contributed by atoms with Crippen molar-refractivity contribution in [2.24, 2.45) is 0 Å². The number of carbonyl (C=O) groups excluding carboxylic acids is 1. The average molecular weight is 360 g/mol. The molecule has 2 aromatic carbocycles. The molecule has 138 valence electrons. The van der Waals surface area contributed by atoms with Gasteiger partial charge in [0.15, 0.2) is 0 Å². The van der Waals surface area contributed by atoms with Crippen LogP contribution < -0.4 is 9.64 Å². The van der Waals surface area contributed by atoms with Crippen molar-refractivity contribution < 1.29 is 18.3 Å². The Labute approximate surface area is 152 Å². The van der Waals surface area contributed by atoms with Crippen LogP contribution in [0.4, 0.5) is 14.5 Å². The van der Waals surface area contributed by atoms with E-state index >= 15 is 0 Å². The van der Waals surface area contributed by atoms with Crippen LogP contribution in [-0.2, 0) is 0 Å². The van der Waals surface area contributed by atoms with Crippen molar-refractivity contribution in [3.63, 3.8) is 0 Å². The third kappa shape index (κ3) is 4.31. The highest BCUT2D eigenvalue weighted by atomic mass is 19.3. The van der Waals surface area contributed by atoms with E-state index in [2.05, 4.69) is 21.8 Å². The maximum Gasteiger partial charge on any atom is 0.387 e. The SMILES string of the molecule is CN(C(=O)c1ccc(OC(F)F)cc1)C1CCCN(c2ccccc2)C1. The van der Waals surface area contributed by atoms with Crippen molar-refractivity contribution in [3.8, 4) is 5.75 Å². The fourth-order valence-electron chi connectivity index (χ4n) is 3.29. The van der Waals surface area contributed by atoms with Gasteiger partial charge in [0.1, 0.15) is 5.75 Å². The van der Waals surface area contributed by atoms with Crippen LogP contribution in [-0.4, -0.2) is 43.6 Å². The van der Waals surface area contributed by atoms with Gasteiger partial charge in [-0.3, -0.25) is 4.79 Å². The number of para-hydroxylation sites is 1. The van der Waals surface area contributed by atoms with E-state index in [-0.39, 0.29) is 17.7 Å².